The van der Waals surface area contributed by atoms with Crippen LogP contribution < -0.4 is 61.6 Å². The molecular formula is C32H49KN2O3S. The van der Waals surface area contributed by atoms with Gasteiger partial charge in [-0.15, -0.1) is 0 Å². The number of hydrogen-bond donors (Lipinski definition) is 1. The third-order valence-corrected chi connectivity index (χ3v) is 8.62. The molecule has 3 rings (SSSR count). The summed E-state index contributed by atoms with van der Waals surface area (Å²) in [5, 5.41) is 3.49. The number of nitrogens with one attached hydrogen (secondary N) is 1. The summed E-state index contributed by atoms with van der Waals surface area (Å²) in [4.78, 5) is 2.13. The van der Waals surface area contributed by atoms with Gasteiger partial charge in [0.2, 0.25) is 0 Å². The zero-order valence-corrected chi connectivity index (χ0v) is 28.4. The predicted molar refractivity (Wildman–Crippen MR) is 159 cm³/mol. The van der Waals surface area contributed by atoms with Gasteiger partial charge in [0, 0.05) is 6.54 Å². The first kappa shape index (κ1) is 34.8. The van der Waals surface area contributed by atoms with E-state index in [1.54, 1.807) is 6.07 Å². The zero-order chi connectivity index (χ0) is 27.1. The quantitative estimate of drug-likeness (QED) is 0.118. The second kappa shape index (κ2) is 19.7. The van der Waals surface area contributed by atoms with E-state index in [0.29, 0.717) is 0 Å². The molecule has 0 bridgehead atoms. The maximum Gasteiger partial charge on any atom is 1.00 e. The van der Waals surface area contributed by atoms with Crippen LogP contribution in [0.2, 0.25) is 0 Å². The van der Waals surface area contributed by atoms with Crippen molar-refractivity contribution in [3.63, 3.8) is 0 Å². The van der Waals surface area contributed by atoms with Crippen LogP contribution in [-0.2, 0) is 16.7 Å². The molecule has 1 heterocycles. The van der Waals surface area contributed by atoms with Crippen LogP contribution in [-0.4, -0.2) is 19.1 Å². The standard InChI is InChI=1S/C32H50N2O3S.K/c1-2-3-4-5-6-7-8-9-10-11-12-13-14-15-16-20-23-32-33-30-26-29(38(35,36)37)24-25-31(30)34(32)27-28-21-18-17-19-22-28;/h17-19,21-22,24-26,32-33H,2-16,20,23,27H2,1H3,(H,35,36,37);/q;+1/p-1. The molecule has 0 spiro atoms. The van der Waals surface area contributed by atoms with Crippen molar-refractivity contribution in [3.8, 4) is 0 Å². The molecule has 1 N–H and O–H groups in total. The minimum Gasteiger partial charge on any atom is -0.744 e. The Kier molecular flexibility index (Phi) is 17.5. The molecule has 0 fully saturated rings. The molecule has 7 heteroatoms. The van der Waals surface area contributed by atoms with E-state index in [0.717, 1.165) is 30.8 Å². The molecule has 39 heavy (non-hydrogen) atoms. The zero-order valence-electron chi connectivity index (χ0n) is 24.5. The molecule has 0 aliphatic carbocycles. The van der Waals surface area contributed by atoms with Crippen LogP contribution in [0.5, 0.6) is 0 Å². The molecule has 1 atom stereocenters. The number of anilines is 2. The molecule has 2 aromatic rings. The smallest absolute Gasteiger partial charge is 0.744 e. The van der Waals surface area contributed by atoms with E-state index in [4.69, 9.17) is 0 Å². The van der Waals surface area contributed by atoms with Gasteiger partial charge in [-0.3, -0.25) is 0 Å². The van der Waals surface area contributed by atoms with Gasteiger partial charge in [0.25, 0.3) is 0 Å². The molecule has 0 saturated carbocycles. The Hall–Kier alpha value is -0.414. The Bertz CT molecular complexity index is 1030. The van der Waals surface area contributed by atoms with E-state index >= 15 is 0 Å². The molecule has 2 aromatic carbocycles. The van der Waals surface area contributed by atoms with Crippen molar-refractivity contribution in [2.24, 2.45) is 0 Å². The van der Waals surface area contributed by atoms with Crippen LogP contribution in [0.1, 0.15) is 122 Å². The number of rotatable bonds is 20. The number of benzene rings is 2. The molecule has 1 aliphatic rings. The first-order chi connectivity index (χ1) is 18.5. The fourth-order valence-corrected chi connectivity index (χ4v) is 6.05. The van der Waals surface area contributed by atoms with Gasteiger partial charge in [0.1, 0.15) is 10.1 Å². The fourth-order valence-electron chi connectivity index (χ4n) is 5.55. The number of hydrogen-bond acceptors (Lipinski definition) is 5. The first-order valence-corrected chi connectivity index (χ1v) is 16.6. The molecule has 5 nitrogen and oxygen atoms in total. The van der Waals surface area contributed by atoms with E-state index in [9.17, 15) is 13.0 Å². The first-order valence-electron chi connectivity index (χ1n) is 15.2. The summed E-state index contributed by atoms with van der Waals surface area (Å²) >= 11 is 0. The minimum atomic E-state index is -4.47. The summed E-state index contributed by atoms with van der Waals surface area (Å²) in [6, 6.07) is 15.0. The van der Waals surface area contributed by atoms with Gasteiger partial charge in [-0.2, -0.15) is 0 Å². The van der Waals surface area contributed by atoms with E-state index in [-0.39, 0.29) is 62.4 Å². The summed E-state index contributed by atoms with van der Waals surface area (Å²) in [6.07, 6.45) is 22.8. The van der Waals surface area contributed by atoms with Crippen molar-refractivity contribution < 1.29 is 64.4 Å². The Morgan fingerprint density at radius 1 is 0.744 bits per heavy atom. The van der Waals surface area contributed by atoms with Crippen LogP contribution in [0.4, 0.5) is 11.4 Å². The molecule has 212 valence electrons. The predicted octanol–water partition coefficient (Wildman–Crippen LogP) is 6.00. The van der Waals surface area contributed by atoms with Crippen LogP contribution in [0.15, 0.2) is 53.4 Å². The Labute approximate surface area is 281 Å². The molecular weight excluding hydrogens is 532 g/mol. The molecule has 0 amide bonds. The van der Waals surface area contributed by atoms with E-state index in [1.165, 1.54) is 114 Å². The molecule has 1 aliphatic heterocycles. The Morgan fingerprint density at radius 3 is 1.77 bits per heavy atom. The van der Waals surface area contributed by atoms with Crippen molar-refractivity contribution in [1.82, 2.24) is 0 Å². The van der Waals surface area contributed by atoms with Gasteiger partial charge in [-0.05, 0) is 36.6 Å². The van der Waals surface area contributed by atoms with Crippen molar-refractivity contribution in [2.75, 3.05) is 10.2 Å². The van der Waals surface area contributed by atoms with E-state index < -0.39 is 10.1 Å². The molecule has 0 aromatic heterocycles. The van der Waals surface area contributed by atoms with Crippen LogP contribution in [0.25, 0.3) is 0 Å². The summed E-state index contributed by atoms with van der Waals surface area (Å²) in [6.45, 7) is 3.02. The fraction of sp³-hybridized carbons (Fsp3) is 0.625. The average Bonchev–Trinajstić information content (AvgIpc) is 3.25. The van der Waals surface area contributed by atoms with Gasteiger partial charge in [0.05, 0.1) is 22.4 Å². The number of nitrogens with zero attached hydrogens (tertiary/aromatic N) is 1. The van der Waals surface area contributed by atoms with Crippen molar-refractivity contribution in [2.45, 2.75) is 134 Å². The Balaban J connectivity index is 0.00000533. The third kappa shape index (κ3) is 13.0. The monoisotopic (exact) mass is 580 g/mol. The van der Waals surface area contributed by atoms with E-state index in [2.05, 4.69) is 29.3 Å². The summed E-state index contributed by atoms with van der Waals surface area (Å²) in [5.41, 5.74) is 2.90. The van der Waals surface area contributed by atoms with Gasteiger partial charge < -0.3 is 14.8 Å². The van der Waals surface area contributed by atoms with Gasteiger partial charge in [0.15, 0.2) is 0 Å². The number of fused-ring (bicyclic) bond motifs is 1. The van der Waals surface area contributed by atoms with Crippen molar-refractivity contribution >= 4 is 21.5 Å². The van der Waals surface area contributed by atoms with Crippen LogP contribution in [0, 0.1) is 0 Å². The minimum absolute atomic E-state index is 0. The average molecular weight is 581 g/mol. The van der Waals surface area contributed by atoms with Crippen LogP contribution in [0.3, 0.4) is 0 Å². The maximum absolute atomic E-state index is 11.5. The second-order valence-electron chi connectivity index (χ2n) is 11.0. The van der Waals surface area contributed by atoms with Gasteiger partial charge in [-0.1, -0.05) is 134 Å². The maximum atomic E-state index is 11.5. The normalized spacial score (nSPS) is 14.6. The second-order valence-corrected chi connectivity index (χ2v) is 12.4. The molecule has 0 radical (unpaired) electrons. The van der Waals surface area contributed by atoms with Crippen LogP contribution >= 0.6 is 0 Å². The van der Waals surface area contributed by atoms with Gasteiger partial charge in [-0.25, -0.2) is 8.42 Å². The van der Waals surface area contributed by atoms with Crippen molar-refractivity contribution in [1.29, 1.82) is 0 Å². The molecule has 0 saturated heterocycles. The largest absolute Gasteiger partial charge is 1.00 e. The summed E-state index contributed by atoms with van der Waals surface area (Å²) in [5.74, 6) is 0. The van der Waals surface area contributed by atoms with Gasteiger partial charge >= 0.3 is 51.4 Å². The SMILES string of the molecule is CCCCCCCCCCCCCCCCCCC1Nc2cc(S(=O)(=O)[O-])ccc2N1Cc1ccccc1.[K+]. The summed E-state index contributed by atoms with van der Waals surface area (Å²) in [7, 11) is -4.47. The molecule has 1 unspecified atom stereocenters. The van der Waals surface area contributed by atoms with E-state index in [1.807, 2.05) is 18.2 Å². The Morgan fingerprint density at radius 2 is 1.26 bits per heavy atom. The van der Waals surface area contributed by atoms with Crippen molar-refractivity contribution in [3.05, 3.63) is 54.1 Å². The number of unbranched alkanes of at least 4 members (excludes halogenated alkanes) is 15. The third-order valence-electron chi connectivity index (χ3n) is 7.79. The topological polar surface area (TPSA) is 72.5 Å². The summed E-state index contributed by atoms with van der Waals surface area (Å²) < 4.78 is 34.6.